The fraction of sp³-hybridized carbons (Fsp3) is 0.667. The number of likely N-dealkylation sites (N-methyl/N-ethyl adjacent to an activating group) is 2. The Morgan fingerprint density at radius 2 is 1.35 bits per heavy atom. The third-order valence-corrected chi connectivity index (χ3v) is 1.73. The summed E-state index contributed by atoms with van der Waals surface area (Å²) in [4.78, 5) is 7.06. The molecule has 0 aromatic carbocycles. The molecule has 0 N–H and O–H groups in total. The molecular weight excluding hydrogens is 463 g/mol. The van der Waals surface area contributed by atoms with Gasteiger partial charge in [-0.05, 0) is 0 Å². The number of rotatable bonds is 0. The van der Waals surface area contributed by atoms with Crippen molar-refractivity contribution in [3.63, 3.8) is 0 Å². The standard InChI is InChI=1S/C6H11N4.6ClH.Sb/c1-9-3-4-10(2)6(9)5-8-7;;;;;;;/h5H,3-4H2,1-2H3;6*1H;/q+1;;;;;;;+5/p-6. The zero-order chi connectivity index (χ0) is 14.0. The van der Waals surface area contributed by atoms with Crippen molar-refractivity contribution in [3.8, 4) is 0 Å². The van der Waals surface area contributed by atoms with Crippen molar-refractivity contribution in [2.45, 2.75) is 0 Å². The molecule has 1 aliphatic heterocycles. The molecule has 0 aromatic rings. The van der Waals surface area contributed by atoms with Crippen LogP contribution in [0.4, 0.5) is 0 Å². The van der Waals surface area contributed by atoms with Gasteiger partial charge in [0, 0.05) is 27.2 Å². The zero-order valence-corrected chi connectivity index (χ0v) is 16.1. The van der Waals surface area contributed by atoms with Crippen LogP contribution < -0.4 is 0 Å². The maximum atomic E-state index is 8.26. The number of halogens is 6. The molecule has 1 rings (SSSR count). The van der Waals surface area contributed by atoms with E-state index >= 15 is 0 Å². The number of hydrogen-bond donors (Lipinski definition) is 0. The summed E-state index contributed by atoms with van der Waals surface area (Å²) in [6.07, 6.45) is 1.45. The molecule has 1 aliphatic rings. The van der Waals surface area contributed by atoms with Crippen LogP contribution in [-0.2, 0) is 0 Å². The molecule has 0 atom stereocenters. The molecular formula is C6H11Cl6N4Sb. The molecule has 4 nitrogen and oxygen atoms in total. The van der Waals surface area contributed by atoms with Gasteiger partial charge in [0.25, 0.3) is 0 Å². The Balaban J connectivity index is 0.000000325. The predicted molar refractivity (Wildman–Crippen MR) is 79.3 cm³/mol. The zero-order valence-electron chi connectivity index (χ0n) is 9.00. The van der Waals surface area contributed by atoms with Gasteiger partial charge < -0.3 is 9.80 Å². The van der Waals surface area contributed by atoms with Gasteiger partial charge in [0.2, 0.25) is 5.39 Å². The maximum absolute atomic E-state index is 8.26. The first-order chi connectivity index (χ1) is 7.20. The fourth-order valence-corrected chi connectivity index (χ4v) is 1.07. The molecule has 0 amide bonds. The van der Waals surface area contributed by atoms with Crippen molar-refractivity contribution >= 4 is 62.1 Å². The van der Waals surface area contributed by atoms with E-state index in [1.54, 1.807) is 0 Å². The normalized spacial score (nSPS) is 19.8. The summed E-state index contributed by atoms with van der Waals surface area (Å²) in [5.41, 5.74) is 0. The van der Waals surface area contributed by atoms with Gasteiger partial charge in [-0.3, -0.25) is 0 Å². The van der Waals surface area contributed by atoms with E-state index in [4.69, 9.17) is 58.4 Å². The molecule has 0 unspecified atom stereocenters. The number of diazo groups is 1. The molecule has 17 heavy (non-hydrogen) atoms. The van der Waals surface area contributed by atoms with E-state index < -0.39 is 9.14 Å². The average molecular weight is 474 g/mol. The first-order valence-corrected chi connectivity index (χ1v) is 23.6. The van der Waals surface area contributed by atoms with Crippen molar-refractivity contribution in [1.82, 2.24) is 9.80 Å². The first-order valence-electron chi connectivity index (χ1n) is 4.24. The summed E-state index contributed by atoms with van der Waals surface area (Å²) in [6, 6.07) is 0. The third-order valence-electron chi connectivity index (χ3n) is 1.73. The van der Waals surface area contributed by atoms with Crippen LogP contribution in [0.1, 0.15) is 0 Å². The van der Waals surface area contributed by atoms with E-state index in [1.165, 1.54) is 6.20 Å². The molecule has 1 heterocycles. The second-order valence-corrected chi connectivity index (χ2v) is 60.3. The Hall–Kier alpha value is 1.32. The van der Waals surface area contributed by atoms with Crippen LogP contribution in [0.2, 0.25) is 0 Å². The molecule has 1 saturated heterocycles. The van der Waals surface area contributed by atoms with Crippen LogP contribution in [0.5, 0.6) is 0 Å². The van der Waals surface area contributed by atoms with E-state index in [0.29, 0.717) is 0 Å². The van der Waals surface area contributed by atoms with Gasteiger partial charge in [-0.15, -0.1) is 0 Å². The van der Waals surface area contributed by atoms with E-state index in [9.17, 15) is 0 Å². The molecule has 1 fully saturated rings. The van der Waals surface area contributed by atoms with E-state index in [1.807, 2.05) is 23.9 Å². The van der Waals surface area contributed by atoms with Crippen LogP contribution in [0, 0.1) is 5.39 Å². The summed E-state index contributed by atoms with van der Waals surface area (Å²) in [6.45, 7) is 2.00. The molecule has 11 heteroatoms. The molecule has 0 aromatic heterocycles. The van der Waals surface area contributed by atoms with Crippen molar-refractivity contribution in [2.24, 2.45) is 0 Å². The quantitative estimate of drug-likeness (QED) is 0.389. The van der Waals surface area contributed by atoms with E-state index in [0.717, 1.165) is 18.9 Å². The van der Waals surface area contributed by atoms with Crippen LogP contribution in [0.25, 0.3) is 4.98 Å². The average Bonchev–Trinajstić information content (AvgIpc) is 2.30. The van der Waals surface area contributed by atoms with E-state index in [2.05, 4.69) is 4.98 Å². The van der Waals surface area contributed by atoms with Crippen LogP contribution in [0.15, 0.2) is 12.0 Å². The molecule has 0 bridgehead atoms. The van der Waals surface area contributed by atoms with Crippen molar-refractivity contribution in [1.29, 1.82) is 5.39 Å². The summed E-state index contributed by atoms with van der Waals surface area (Å²) >= 11 is 0. The Bertz CT molecular complexity index is 330. The summed E-state index contributed by atoms with van der Waals surface area (Å²) in [5, 5.41) is 8.26. The van der Waals surface area contributed by atoms with Gasteiger partial charge in [0.05, 0.1) is 0 Å². The second kappa shape index (κ2) is 5.37. The predicted octanol–water partition coefficient (Wildman–Crippen LogP) is 4.27. The van der Waals surface area contributed by atoms with Crippen molar-refractivity contribution in [2.75, 3.05) is 27.2 Å². The second-order valence-electron chi connectivity index (χ2n) is 3.40. The molecule has 0 aliphatic carbocycles. The van der Waals surface area contributed by atoms with Gasteiger partial charge in [0.15, 0.2) is 10.8 Å². The Morgan fingerprint density at radius 1 is 1.06 bits per heavy atom. The minimum atomic E-state index is -5.42. The van der Waals surface area contributed by atoms with Crippen molar-refractivity contribution in [3.05, 3.63) is 17.0 Å². The van der Waals surface area contributed by atoms with Gasteiger partial charge in [0.1, 0.15) is 0 Å². The monoisotopic (exact) mass is 470 g/mol. The van der Waals surface area contributed by atoms with Gasteiger partial charge in [-0.2, -0.15) is 0 Å². The molecule has 0 radical (unpaired) electrons. The molecule has 0 saturated carbocycles. The van der Waals surface area contributed by atoms with Crippen LogP contribution in [0.3, 0.4) is 0 Å². The Morgan fingerprint density at radius 3 is 1.59 bits per heavy atom. The topological polar surface area (TPSA) is 34.6 Å². The van der Waals surface area contributed by atoms with Crippen molar-refractivity contribution < 1.29 is 0 Å². The Labute approximate surface area is 120 Å². The number of hydrogen-bond acceptors (Lipinski definition) is 3. The summed E-state index contributed by atoms with van der Waals surface area (Å²) in [7, 11) is 28.9. The SMILES string of the molecule is CN1CCN(C)C1=C[N+]#N.[Cl][Sb-]([Cl])([Cl])([Cl])([Cl])[Cl]. The Kier molecular flexibility index (Phi) is 5.78. The van der Waals surface area contributed by atoms with Crippen LogP contribution in [-0.4, -0.2) is 46.1 Å². The first kappa shape index (κ1) is 18.3. The third kappa shape index (κ3) is 13.5. The van der Waals surface area contributed by atoms with Gasteiger partial charge in [-0.1, -0.05) is 0 Å². The van der Waals surface area contributed by atoms with Crippen LogP contribution >= 0.6 is 53.0 Å². The molecule has 0 spiro atoms. The number of nitrogens with zero attached hydrogens (tertiary/aromatic N) is 4. The fourth-order valence-electron chi connectivity index (χ4n) is 1.07. The summed E-state index contributed by atoms with van der Waals surface area (Å²) < 4.78 is 0. The van der Waals surface area contributed by atoms with E-state index in [-0.39, 0.29) is 0 Å². The molecule has 102 valence electrons. The van der Waals surface area contributed by atoms with Gasteiger partial charge in [-0.25, -0.2) is 0 Å². The van der Waals surface area contributed by atoms with Gasteiger partial charge >= 0.3 is 68.3 Å². The summed E-state index contributed by atoms with van der Waals surface area (Å²) in [5.74, 6) is 0.961. The minimum absolute atomic E-state index is 0.961.